The molecule has 3 aromatic rings. The van der Waals surface area contributed by atoms with Gasteiger partial charge in [-0.25, -0.2) is 9.07 Å². The standard InChI is InChI=1S/C16H13ClFN5O/c1-9-7-10(2)23(22-9)15-6-5-14(20-21-15)16(24)19-11-3-4-13(18)12(17)8-11/h3-8H,1-2H3,(H,19,24). The zero-order chi connectivity index (χ0) is 17.3. The Kier molecular flexibility index (Phi) is 4.26. The summed E-state index contributed by atoms with van der Waals surface area (Å²) in [6, 6.07) is 9.03. The second-order valence-corrected chi connectivity index (χ2v) is 5.61. The first kappa shape index (κ1) is 16.1. The quantitative estimate of drug-likeness (QED) is 0.790. The summed E-state index contributed by atoms with van der Waals surface area (Å²) in [5, 5.41) is 14.8. The van der Waals surface area contributed by atoms with Crippen LogP contribution in [0.1, 0.15) is 21.9 Å². The van der Waals surface area contributed by atoms with E-state index in [4.69, 9.17) is 11.6 Å². The number of anilines is 1. The molecule has 0 aliphatic carbocycles. The molecule has 0 atom stereocenters. The van der Waals surface area contributed by atoms with Crippen LogP contribution in [0.5, 0.6) is 0 Å². The first-order valence-electron chi connectivity index (χ1n) is 7.08. The molecule has 3 rings (SSSR count). The van der Waals surface area contributed by atoms with Crippen molar-refractivity contribution in [2.24, 2.45) is 0 Å². The number of halogens is 2. The number of aryl methyl sites for hydroxylation is 2. The van der Waals surface area contributed by atoms with E-state index in [1.165, 1.54) is 18.2 Å². The van der Waals surface area contributed by atoms with E-state index >= 15 is 0 Å². The number of rotatable bonds is 3. The van der Waals surface area contributed by atoms with Gasteiger partial charge in [0.2, 0.25) is 0 Å². The van der Waals surface area contributed by atoms with E-state index in [2.05, 4.69) is 20.6 Å². The number of nitrogens with one attached hydrogen (secondary N) is 1. The van der Waals surface area contributed by atoms with Crippen LogP contribution in [0.15, 0.2) is 36.4 Å². The van der Waals surface area contributed by atoms with Crippen molar-refractivity contribution in [3.05, 3.63) is 64.3 Å². The van der Waals surface area contributed by atoms with Crippen molar-refractivity contribution in [3.63, 3.8) is 0 Å². The van der Waals surface area contributed by atoms with E-state index in [0.717, 1.165) is 11.4 Å². The highest BCUT2D eigenvalue weighted by Crippen LogP contribution is 2.19. The zero-order valence-corrected chi connectivity index (χ0v) is 13.7. The summed E-state index contributed by atoms with van der Waals surface area (Å²) < 4.78 is 14.8. The highest BCUT2D eigenvalue weighted by molar-refractivity contribution is 6.31. The fraction of sp³-hybridized carbons (Fsp3) is 0.125. The van der Waals surface area contributed by atoms with E-state index in [-0.39, 0.29) is 10.7 Å². The molecule has 0 saturated heterocycles. The molecule has 0 unspecified atom stereocenters. The molecule has 6 nitrogen and oxygen atoms in total. The lowest BCUT2D eigenvalue weighted by Gasteiger charge is -2.06. The smallest absolute Gasteiger partial charge is 0.276 e. The Labute approximate surface area is 142 Å². The van der Waals surface area contributed by atoms with Gasteiger partial charge in [-0.3, -0.25) is 4.79 Å². The lowest BCUT2D eigenvalue weighted by molar-refractivity contribution is 0.102. The minimum absolute atomic E-state index is 0.0706. The maximum absolute atomic E-state index is 13.1. The van der Waals surface area contributed by atoms with Gasteiger partial charge in [0.1, 0.15) is 5.82 Å². The number of amides is 1. The molecular weight excluding hydrogens is 333 g/mol. The molecule has 0 saturated carbocycles. The minimum Gasteiger partial charge on any atom is -0.321 e. The number of hydrogen-bond donors (Lipinski definition) is 1. The Morgan fingerprint density at radius 1 is 1.17 bits per heavy atom. The van der Waals surface area contributed by atoms with Gasteiger partial charge in [0, 0.05) is 11.4 Å². The summed E-state index contributed by atoms with van der Waals surface area (Å²) in [4.78, 5) is 12.2. The second-order valence-electron chi connectivity index (χ2n) is 5.20. The number of benzene rings is 1. The van der Waals surface area contributed by atoms with Crippen LogP contribution in [-0.2, 0) is 0 Å². The highest BCUT2D eigenvalue weighted by atomic mass is 35.5. The molecule has 1 amide bonds. The fourth-order valence-electron chi connectivity index (χ4n) is 2.19. The predicted octanol–water partition coefficient (Wildman–Crippen LogP) is 3.32. The average molecular weight is 346 g/mol. The van der Waals surface area contributed by atoms with Gasteiger partial charge < -0.3 is 5.32 Å². The maximum Gasteiger partial charge on any atom is 0.276 e. The third kappa shape index (κ3) is 3.26. The van der Waals surface area contributed by atoms with Crippen LogP contribution in [0.4, 0.5) is 10.1 Å². The lowest BCUT2D eigenvalue weighted by atomic mass is 10.3. The summed E-state index contributed by atoms with van der Waals surface area (Å²) in [6.45, 7) is 3.78. The molecule has 8 heteroatoms. The topological polar surface area (TPSA) is 72.7 Å². The SMILES string of the molecule is Cc1cc(C)n(-c2ccc(C(=O)Nc3ccc(F)c(Cl)c3)nn2)n1. The van der Waals surface area contributed by atoms with Gasteiger partial charge in [-0.15, -0.1) is 10.2 Å². The Hall–Kier alpha value is -2.80. The van der Waals surface area contributed by atoms with E-state index in [0.29, 0.717) is 11.5 Å². The zero-order valence-electron chi connectivity index (χ0n) is 12.9. The molecule has 1 aromatic carbocycles. The van der Waals surface area contributed by atoms with Crippen LogP contribution in [-0.4, -0.2) is 25.9 Å². The Bertz CT molecular complexity index is 907. The van der Waals surface area contributed by atoms with Crippen molar-refractivity contribution in [1.29, 1.82) is 0 Å². The highest BCUT2D eigenvalue weighted by Gasteiger charge is 2.12. The van der Waals surface area contributed by atoms with Gasteiger partial charge >= 0.3 is 0 Å². The Morgan fingerprint density at radius 2 is 1.96 bits per heavy atom. The number of aromatic nitrogens is 4. The third-order valence-corrected chi connectivity index (χ3v) is 3.58. The molecule has 1 N–H and O–H groups in total. The molecule has 0 aliphatic rings. The first-order chi connectivity index (χ1) is 11.4. The number of nitrogens with zero attached hydrogens (tertiary/aromatic N) is 4. The second kappa shape index (κ2) is 6.37. The summed E-state index contributed by atoms with van der Waals surface area (Å²) in [7, 11) is 0. The van der Waals surface area contributed by atoms with Gasteiger partial charge in [0.05, 0.1) is 10.7 Å². The molecule has 24 heavy (non-hydrogen) atoms. The Morgan fingerprint density at radius 3 is 2.54 bits per heavy atom. The predicted molar refractivity (Wildman–Crippen MR) is 88.0 cm³/mol. The van der Waals surface area contributed by atoms with Crippen LogP contribution in [0.2, 0.25) is 5.02 Å². The van der Waals surface area contributed by atoms with E-state index in [1.54, 1.807) is 16.8 Å². The normalized spacial score (nSPS) is 10.7. The van der Waals surface area contributed by atoms with Crippen LogP contribution in [0, 0.1) is 19.7 Å². The van der Waals surface area contributed by atoms with Crippen molar-refractivity contribution in [2.75, 3.05) is 5.32 Å². The Balaban J connectivity index is 1.78. The number of carbonyl (C=O) groups excluding carboxylic acids is 1. The summed E-state index contributed by atoms with van der Waals surface area (Å²) >= 11 is 5.68. The monoisotopic (exact) mass is 345 g/mol. The fourth-order valence-corrected chi connectivity index (χ4v) is 2.37. The largest absolute Gasteiger partial charge is 0.321 e. The van der Waals surface area contributed by atoms with Crippen molar-refractivity contribution in [2.45, 2.75) is 13.8 Å². The van der Waals surface area contributed by atoms with Crippen LogP contribution >= 0.6 is 11.6 Å². The van der Waals surface area contributed by atoms with Crippen molar-refractivity contribution in [1.82, 2.24) is 20.0 Å². The minimum atomic E-state index is -0.552. The maximum atomic E-state index is 13.1. The van der Waals surface area contributed by atoms with Gasteiger partial charge in [-0.1, -0.05) is 11.6 Å². The van der Waals surface area contributed by atoms with Crippen molar-refractivity contribution in [3.8, 4) is 5.82 Å². The number of hydrogen-bond acceptors (Lipinski definition) is 4. The van der Waals surface area contributed by atoms with Gasteiger partial charge in [-0.05, 0) is 50.2 Å². The molecule has 2 aromatic heterocycles. The molecular formula is C16H13ClFN5O. The summed E-state index contributed by atoms with van der Waals surface area (Å²) in [5.74, 6) is -0.504. The van der Waals surface area contributed by atoms with Gasteiger partial charge in [-0.2, -0.15) is 5.10 Å². The van der Waals surface area contributed by atoms with Crippen molar-refractivity contribution >= 4 is 23.2 Å². The molecule has 0 bridgehead atoms. The van der Waals surface area contributed by atoms with Gasteiger partial charge in [0.25, 0.3) is 5.91 Å². The van der Waals surface area contributed by atoms with E-state index in [1.807, 2.05) is 19.9 Å². The molecule has 0 fully saturated rings. The first-order valence-corrected chi connectivity index (χ1v) is 7.45. The van der Waals surface area contributed by atoms with Gasteiger partial charge in [0.15, 0.2) is 11.5 Å². The van der Waals surface area contributed by atoms with E-state index in [9.17, 15) is 9.18 Å². The van der Waals surface area contributed by atoms with E-state index < -0.39 is 11.7 Å². The molecule has 0 aliphatic heterocycles. The summed E-state index contributed by atoms with van der Waals surface area (Å²) in [5.41, 5.74) is 2.28. The summed E-state index contributed by atoms with van der Waals surface area (Å²) in [6.07, 6.45) is 0. The molecule has 0 spiro atoms. The molecule has 2 heterocycles. The van der Waals surface area contributed by atoms with Crippen LogP contribution < -0.4 is 5.32 Å². The molecule has 0 radical (unpaired) electrons. The number of carbonyl (C=O) groups is 1. The lowest BCUT2D eigenvalue weighted by Crippen LogP contribution is -2.15. The average Bonchev–Trinajstić information content (AvgIpc) is 2.89. The van der Waals surface area contributed by atoms with Crippen LogP contribution in [0.3, 0.4) is 0 Å². The molecule has 122 valence electrons. The van der Waals surface area contributed by atoms with Crippen molar-refractivity contribution < 1.29 is 9.18 Å². The third-order valence-electron chi connectivity index (χ3n) is 3.29. The van der Waals surface area contributed by atoms with Crippen LogP contribution in [0.25, 0.3) is 5.82 Å².